The van der Waals surface area contributed by atoms with Crippen LogP contribution in [0.3, 0.4) is 0 Å². The average Bonchev–Trinajstić information content (AvgIpc) is 2.22. The van der Waals surface area contributed by atoms with E-state index >= 15 is 0 Å². The molecule has 0 unspecified atom stereocenters. The zero-order chi connectivity index (χ0) is 14.9. The molecule has 0 aromatic heterocycles. The van der Waals surface area contributed by atoms with Crippen LogP contribution in [-0.2, 0) is 14.7 Å². The molecule has 0 aliphatic heterocycles. The molecule has 0 atom stereocenters. The first kappa shape index (κ1) is 19.0. The zero-order valence-corrected chi connectivity index (χ0v) is 12.3. The topological polar surface area (TPSA) is 144 Å². The third kappa shape index (κ3) is 18.0. The minimum Gasteiger partial charge on any atom is -0.314 e. The molecule has 0 radical (unpaired) electrons. The Balaban J connectivity index is 0.000000555. The lowest BCUT2D eigenvalue weighted by atomic mass is 9.95. The van der Waals surface area contributed by atoms with Gasteiger partial charge in [0.2, 0.25) is 0 Å². The van der Waals surface area contributed by atoms with E-state index in [1.807, 2.05) is 0 Å². The van der Waals surface area contributed by atoms with Gasteiger partial charge in [0.25, 0.3) is 10.1 Å². The lowest BCUT2D eigenvalue weighted by Gasteiger charge is -2.22. The normalized spacial score (nSPS) is 17.7. The highest BCUT2D eigenvalue weighted by molar-refractivity contribution is 7.85. The summed E-state index contributed by atoms with van der Waals surface area (Å²) in [4.78, 5) is 21.6. The van der Waals surface area contributed by atoms with Crippen LogP contribution in [0.5, 0.6) is 0 Å². The SMILES string of the molecule is O=P(O)(O)O.O=S(=O)(O)CCCNC1CCCCC1. The van der Waals surface area contributed by atoms with Crippen LogP contribution in [0.2, 0.25) is 0 Å². The fraction of sp³-hybridized carbons (Fsp3) is 1.00. The van der Waals surface area contributed by atoms with Crippen LogP contribution in [-0.4, -0.2) is 46.0 Å². The molecule has 1 aliphatic rings. The third-order valence-electron chi connectivity index (χ3n) is 2.62. The first-order valence-electron chi connectivity index (χ1n) is 6.05. The molecule has 0 saturated heterocycles. The number of rotatable bonds is 5. The van der Waals surface area contributed by atoms with Gasteiger partial charge in [-0.25, -0.2) is 4.57 Å². The molecule has 5 N–H and O–H groups in total. The van der Waals surface area contributed by atoms with Crippen molar-refractivity contribution in [3.8, 4) is 0 Å². The number of hydrogen-bond acceptors (Lipinski definition) is 4. The summed E-state index contributed by atoms with van der Waals surface area (Å²) in [6, 6.07) is 0.560. The highest BCUT2D eigenvalue weighted by Gasteiger charge is 2.12. The summed E-state index contributed by atoms with van der Waals surface area (Å²) in [5.74, 6) is -0.132. The van der Waals surface area contributed by atoms with E-state index in [2.05, 4.69) is 5.32 Å². The Hall–Kier alpha value is -0.0200. The van der Waals surface area contributed by atoms with Gasteiger partial charge in [0, 0.05) is 6.04 Å². The molecule has 19 heavy (non-hydrogen) atoms. The molecular weight excluding hydrogens is 297 g/mol. The second-order valence-corrected chi connectivity index (χ2v) is 7.04. The van der Waals surface area contributed by atoms with Crippen molar-refractivity contribution in [1.82, 2.24) is 5.32 Å². The molecule has 0 bridgehead atoms. The summed E-state index contributed by atoms with van der Waals surface area (Å²) >= 11 is 0. The standard InChI is InChI=1S/C9H19NO3S.H3O4P/c11-14(12,13)8-4-7-10-9-5-2-1-3-6-9;1-5(2,3)4/h9-10H,1-8H2,(H,11,12,13);(H3,1,2,3,4). The summed E-state index contributed by atoms with van der Waals surface area (Å²) < 4.78 is 38.2. The van der Waals surface area contributed by atoms with Crippen LogP contribution in [0.15, 0.2) is 0 Å². The second-order valence-electron chi connectivity index (χ2n) is 4.44. The molecule has 0 heterocycles. The quantitative estimate of drug-likeness (QED) is 0.276. The van der Waals surface area contributed by atoms with Crippen LogP contribution in [0, 0.1) is 0 Å². The molecule has 8 nitrogen and oxygen atoms in total. The Morgan fingerprint density at radius 3 is 2.00 bits per heavy atom. The number of phosphoric acid groups is 1. The monoisotopic (exact) mass is 319 g/mol. The van der Waals surface area contributed by atoms with E-state index in [1.54, 1.807) is 0 Å². The van der Waals surface area contributed by atoms with Gasteiger partial charge in [-0.05, 0) is 25.8 Å². The highest BCUT2D eigenvalue weighted by Crippen LogP contribution is 2.25. The van der Waals surface area contributed by atoms with E-state index < -0.39 is 17.9 Å². The number of hydrogen-bond donors (Lipinski definition) is 5. The maximum absolute atomic E-state index is 10.4. The first-order valence-corrected chi connectivity index (χ1v) is 9.22. The Morgan fingerprint density at radius 1 is 1.11 bits per heavy atom. The van der Waals surface area contributed by atoms with Crippen molar-refractivity contribution in [3.05, 3.63) is 0 Å². The summed E-state index contributed by atoms with van der Waals surface area (Å²) in [6.45, 7) is 0.685. The van der Waals surface area contributed by atoms with Crippen LogP contribution >= 0.6 is 7.82 Å². The van der Waals surface area contributed by atoms with Crippen molar-refractivity contribution in [2.75, 3.05) is 12.3 Å². The largest absolute Gasteiger partial charge is 0.466 e. The van der Waals surface area contributed by atoms with Gasteiger partial charge in [0.05, 0.1) is 5.75 Å². The first-order chi connectivity index (χ1) is 8.58. The molecule has 0 aromatic rings. The molecule has 0 aromatic carbocycles. The maximum atomic E-state index is 10.4. The molecule has 116 valence electrons. The highest BCUT2D eigenvalue weighted by atomic mass is 32.2. The van der Waals surface area contributed by atoms with Gasteiger partial charge in [0.1, 0.15) is 0 Å². The molecular formula is C9H22NO7PS. The Morgan fingerprint density at radius 2 is 1.58 bits per heavy atom. The molecule has 0 amide bonds. The molecule has 1 rings (SSSR count). The smallest absolute Gasteiger partial charge is 0.314 e. The predicted molar refractivity (Wildman–Crippen MR) is 70.2 cm³/mol. The summed E-state index contributed by atoms with van der Waals surface area (Å²) in [5.41, 5.74) is 0. The van der Waals surface area contributed by atoms with Gasteiger partial charge >= 0.3 is 7.82 Å². The fourth-order valence-corrected chi connectivity index (χ4v) is 2.38. The van der Waals surface area contributed by atoms with E-state index in [9.17, 15) is 8.42 Å². The van der Waals surface area contributed by atoms with Gasteiger partial charge in [-0.2, -0.15) is 8.42 Å². The summed E-state index contributed by atoms with van der Waals surface area (Å²) in [5, 5.41) is 3.32. The van der Waals surface area contributed by atoms with E-state index in [0.29, 0.717) is 19.0 Å². The van der Waals surface area contributed by atoms with Crippen LogP contribution in [0.1, 0.15) is 38.5 Å². The molecule has 1 aliphatic carbocycles. The van der Waals surface area contributed by atoms with Gasteiger partial charge in [0.15, 0.2) is 0 Å². The van der Waals surface area contributed by atoms with Crippen molar-refractivity contribution in [1.29, 1.82) is 0 Å². The van der Waals surface area contributed by atoms with Crippen molar-refractivity contribution in [2.24, 2.45) is 0 Å². The molecule has 1 saturated carbocycles. The van der Waals surface area contributed by atoms with Crippen LogP contribution in [0.4, 0.5) is 0 Å². The van der Waals surface area contributed by atoms with Crippen molar-refractivity contribution in [2.45, 2.75) is 44.6 Å². The summed E-state index contributed by atoms with van der Waals surface area (Å²) in [7, 11) is -8.41. The van der Waals surface area contributed by atoms with Crippen molar-refractivity contribution in [3.63, 3.8) is 0 Å². The maximum Gasteiger partial charge on any atom is 0.466 e. The Labute approximate surface area is 113 Å². The van der Waals surface area contributed by atoms with E-state index in [-0.39, 0.29) is 5.75 Å². The van der Waals surface area contributed by atoms with E-state index in [1.165, 1.54) is 32.1 Å². The lowest BCUT2D eigenvalue weighted by Crippen LogP contribution is -2.32. The number of nitrogens with one attached hydrogen (secondary N) is 1. The van der Waals surface area contributed by atoms with E-state index in [4.69, 9.17) is 23.8 Å². The van der Waals surface area contributed by atoms with Crippen LogP contribution in [0.25, 0.3) is 0 Å². The molecule has 10 heteroatoms. The van der Waals surface area contributed by atoms with Gasteiger partial charge in [-0.3, -0.25) is 4.55 Å². The summed E-state index contributed by atoms with van der Waals surface area (Å²) in [6.07, 6.45) is 6.77. The van der Waals surface area contributed by atoms with Crippen molar-refractivity contribution >= 4 is 17.9 Å². The Bertz CT molecular complexity index is 366. The lowest BCUT2D eigenvalue weighted by molar-refractivity contribution is 0.275. The predicted octanol–water partition coefficient (Wildman–Crippen LogP) is 0.258. The zero-order valence-electron chi connectivity index (χ0n) is 10.6. The van der Waals surface area contributed by atoms with Gasteiger partial charge in [-0.1, -0.05) is 19.3 Å². The fourth-order valence-electron chi connectivity index (χ4n) is 1.87. The average molecular weight is 319 g/mol. The third-order valence-corrected chi connectivity index (χ3v) is 3.42. The Kier molecular flexibility index (Phi) is 9.01. The van der Waals surface area contributed by atoms with Gasteiger partial charge < -0.3 is 20.0 Å². The minimum atomic E-state index is -4.64. The molecule has 1 fully saturated rings. The van der Waals surface area contributed by atoms with Gasteiger partial charge in [-0.15, -0.1) is 0 Å². The molecule has 0 spiro atoms. The van der Waals surface area contributed by atoms with Crippen molar-refractivity contribution < 1.29 is 32.2 Å². The van der Waals surface area contributed by atoms with Crippen LogP contribution < -0.4 is 5.32 Å². The second kappa shape index (κ2) is 9.02. The van der Waals surface area contributed by atoms with E-state index in [0.717, 1.165) is 0 Å². The minimum absolute atomic E-state index is 0.132.